The van der Waals surface area contributed by atoms with Crippen molar-refractivity contribution in [1.82, 2.24) is 24.4 Å². The Morgan fingerprint density at radius 1 is 1.26 bits per heavy atom. The third kappa shape index (κ3) is 3.89. The van der Waals surface area contributed by atoms with E-state index in [-0.39, 0.29) is 0 Å². The van der Waals surface area contributed by atoms with E-state index in [4.69, 9.17) is 4.74 Å². The van der Waals surface area contributed by atoms with Gasteiger partial charge in [-0.3, -0.25) is 4.79 Å². The number of ether oxygens (including phenoxy) is 1. The molecular formula is C19H26N6O2. The number of piperidine rings is 2. The average molecular weight is 370 g/mol. The number of amides is 1. The van der Waals surface area contributed by atoms with Crippen LogP contribution in [0.2, 0.25) is 0 Å². The molecule has 4 heterocycles. The third-order valence-electron chi connectivity index (χ3n) is 5.63. The minimum absolute atomic E-state index is 0.299. The van der Waals surface area contributed by atoms with Crippen LogP contribution in [0.25, 0.3) is 0 Å². The number of anilines is 1. The summed E-state index contributed by atoms with van der Waals surface area (Å²) in [7, 11) is 1.62. The highest BCUT2D eigenvalue weighted by Crippen LogP contribution is 2.32. The lowest BCUT2D eigenvalue weighted by Gasteiger charge is -2.47. The van der Waals surface area contributed by atoms with Crippen LogP contribution in [0.5, 0.6) is 5.88 Å². The predicted octanol–water partition coefficient (Wildman–Crippen LogP) is 1.59. The first kappa shape index (κ1) is 17.8. The maximum absolute atomic E-state index is 12.5. The molecule has 144 valence electrons. The monoisotopic (exact) mass is 370 g/mol. The molecule has 8 heteroatoms. The van der Waals surface area contributed by atoms with Gasteiger partial charge in [0.15, 0.2) is 0 Å². The Balaban J connectivity index is 1.38. The van der Waals surface area contributed by atoms with Crippen LogP contribution in [-0.2, 0) is 11.3 Å². The SMILES string of the molecule is COc1ccnc(N2CC[C@@H]3[C@@H](CCC(=O)N3CCCn3ccnc3)C2)n1. The number of aryl methyl sites for hydroxylation is 1. The summed E-state index contributed by atoms with van der Waals surface area (Å²) in [6, 6.07) is 2.09. The number of rotatable bonds is 6. The van der Waals surface area contributed by atoms with E-state index in [9.17, 15) is 4.79 Å². The summed E-state index contributed by atoms with van der Waals surface area (Å²) in [6.45, 7) is 3.46. The van der Waals surface area contributed by atoms with Crippen molar-refractivity contribution in [3.8, 4) is 5.88 Å². The maximum Gasteiger partial charge on any atom is 0.228 e. The quantitative estimate of drug-likeness (QED) is 0.769. The fourth-order valence-electron chi connectivity index (χ4n) is 4.26. The van der Waals surface area contributed by atoms with Crippen molar-refractivity contribution in [1.29, 1.82) is 0 Å². The second-order valence-corrected chi connectivity index (χ2v) is 7.24. The molecule has 0 unspecified atom stereocenters. The number of carbonyl (C=O) groups excluding carboxylic acids is 1. The van der Waals surface area contributed by atoms with Crippen molar-refractivity contribution in [2.24, 2.45) is 5.92 Å². The van der Waals surface area contributed by atoms with Gasteiger partial charge in [0.1, 0.15) is 0 Å². The molecule has 0 spiro atoms. The highest BCUT2D eigenvalue weighted by Gasteiger charge is 2.39. The number of carbonyl (C=O) groups is 1. The fraction of sp³-hybridized carbons (Fsp3) is 0.579. The third-order valence-corrected chi connectivity index (χ3v) is 5.63. The molecule has 0 saturated carbocycles. The van der Waals surface area contributed by atoms with Crippen molar-refractivity contribution in [2.45, 2.75) is 38.3 Å². The van der Waals surface area contributed by atoms with Crippen LogP contribution >= 0.6 is 0 Å². The Bertz CT molecular complexity index is 765. The summed E-state index contributed by atoms with van der Waals surface area (Å²) in [4.78, 5) is 29.8. The van der Waals surface area contributed by atoms with E-state index in [1.54, 1.807) is 25.6 Å². The van der Waals surface area contributed by atoms with Gasteiger partial charge in [-0.1, -0.05) is 0 Å². The summed E-state index contributed by atoms with van der Waals surface area (Å²) < 4.78 is 7.29. The van der Waals surface area contributed by atoms with Gasteiger partial charge in [0.25, 0.3) is 0 Å². The van der Waals surface area contributed by atoms with Gasteiger partial charge in [-0.15, -0.1) is 0 Å². The lowest BCUT2D eigenvalue weighted by Crippen LogP contribution is -2.56. The van der Waals surface area contributed by atoms with Gasteiger partial charge in [-0.2, -0.15) is 4.98 Å². The lowest BCUT2D eigenvalue weighted by atomic mass is 9.83. The van der Waals surface area contributed by atoms with Gasteiger partial charge in [0.2, 0.25) is 17.7 Å². The fourth-order valence-corrected chi connectivity index (χ4v) is 4.26. The van der Waals surface area contributed by atoms with Gasteiger partial charge in [0.05, 0.1) is 13.4 Å². The average Bonchev–Trinajstić information content (AvgIpc) is 3.23. The molecule has 2 aromatic heterocycles. The second-order valence-electron chi connectivity index (χ2n) is 7.24. The van der Waals surface area contributed by atoms with Gasteiger partial charge in [0, 0.05) is 63.3 Å². The molecule has 2 fully saturated rings. The number of nitrogens with zero attached hydrogens (tertiary/aromatic N) is 6. The Morgan fingerprint density at radius 2 is 2.19 bits per heavy atom. The Kier molecular flexibility index (Phi) is 5.22. The molecule has 0 aliphatic carbocycles. The first-order chi connectivity index (χ1) is 13.2. The number of hydrogen-bond acceptors (Lipinski definition) is 6. The zero-order valence-electron chi connectivity index (χ0n) is 15.7. The predicted molar refractivity (Wildman–Crippen MR) is 100 cm³/mol. The van der Waals surface area contributed by atoms with Crippen LogP contribution in [0, 0.1) is 5.92 Å². The number of imidazole rings is 1. The number of fused-ring (bicyclic) bond motifs is 1. The van der Waals surface area contributed by atoms with E-state index < -0.39 is 0 Å². The molecule has 1 amide bonds. The Hall–Kier alpha value is -2.64. The van der Waals surface area contributed by atoms with Crippen LogP contribution in [0.4, 0.5) is 5.95 Å². The summed E-state index contributed by atoms with van der Waals surface area (Å²) in [5, 5.41) is 0. The highest BCUT2D eigenvalue weighted by atomic mass is 16.5. The molecule has 2 atom stereocenters. The topological polar surface area (TPSA) is 76.4 Å². The molecule has 8 nitrogen and oxygen atoms in total. The van der Waals surface area contributed by atoms with E-state index in [0.29, 0.717) is 30.2 Å². The molecule has 2 saturated heterocycles. The van der Waals surface area contributed by atoms with E-state index >= 15 is 0 Å². The van der Waals surface area contributed by atoms with Crippen molar-refractivity contribution in [2.75, 3.05) is 31.6 Å². The maximum atomic E-state index is 12.5. The molecule has 0 bridgehead atoms. The summed E-state index contributed by atoms with van der Waals surface area (Å²) in [5.74, 6) is 2.07. The van der Waals surface area contributed by atoms with Crippen LogP contribution in [0.1, 0.15) is 25.7 Å². The molecular weight excluding hydrogens is 344 g/mol. The smallest absolute Gasteiger partial charge is 0.228 e. The van der Waals surface area contributed by atoms with Gasteiger partial charge < -0.3 is 19.1 Å². The molecule has 4 rings (SSSR count). The first-order valence-corrected chi connectivity index (χ1v) is 9.62. The summed E-state index contributed by atoms with van der Waals surface area (Å²) in [5.41, 5.74) is 0. The van der Waals surface area contributed by atoms with Crippen molar-refractivity contribution >= 4 is 11.9 Å². The van der Waals surface area contributed by atoms with E-state index in [1.807, 2.05) is 12.5 Å². The summed E-state index contributed by atoms with van der Waals surface area (Å²) in [6.07, 6.45) is 10.8. The van der Waals surface area contributed by atoms with Gasteiger partial charge in [-0.25, -0.2) is 9.97 Å². The summed E-state index contributed by atoms with van der Waals surface area (Å²) >= 11 is 0. The normalized spacial score (nSPS) is 22.6. The molecule has 0 N–H and O–H groups in total. The highest BCUT2D eigenvalue weighted by molar-refractivity contribution is 5.77. The van der Waals surface area contributed by atoms with Crippen molar-refractivity contribution in [3.05, 3.63) is 31.0 Å². The first-order valence-electron chi connectivity index (χ1n) is 9.62. The zero-order chi connectivity index (χ0) is 18.6. The number of methoxy groups -OCH3 is 1. The minimum Gasteiger partial charge on any atom is -0.481 e. The number of likely N-dealkylation sites (tertiary alicyclic amines) is 1. The Morgan fingerprint density at radius 3 is 3.00 bits per heavy atom. The van der Waals surface area contributed by atoms with Crippen LogP contribution in [-0.4, -0.2) is 63.1 Å². The molecule has 2 aliphatic rings. The number of hydrogen-bond donors (Lipinski definition) is 0. The molecule has 27 heavy (non-hydrogen) atoms. The van der Waals surface area contributed by atoms with Crippen molar-refractivity contribution < 1.29 is 9.53 Å². The number of aromatic nitrogens is 4. The molecule has 2 aromatic rings. The molecule has 2 aliphatic heterocycles. The van der Waals surface area contributed by atoms with Gasteiger partial charge in [-0.05, 0) is 25.2 Å². The van der Waals surface area contributed by atoms with E-state index in [1.165, 1.54) is 0 Å². The second kappa shape index (κ2) is 7.94. The molecule has 0 radical (unpaired) electrons. The Labute approximate surface area is 159 Å². The van der Waals surface area contributed by atoms with Crippen LogP contribution < -0.4 is 9.64 Å². The standard InChI is InChI=1S/C19H26N6O2/c1-27-17-5-7-21-19(22-17)24-11-6-16-15(13-24)3-4-18(26)25(16)10-2-9-23-12-8-20-14-23/h5,7-8,12,14-16H,2-4,6,9-11,13H2,1H3/t15-,16+/m0/s1. The van der Waals surface area contributed by atoms with Gasteiger partial charge >= 0.3 is 0 Å². The van der Waals surface area contributed by atoms with E-state index in [2.05, 4.69) is 29.3 Å². The zero-order valence-corrected chi connectivity index (χ0v) is 15.7. The largest absolute Gasteiger partial charge is 0.481 e. The minimum atomic E-state index is 0.299. The lowest BCUT2D eigenvalue weighted by molar-refractivity contribution is -0.139. The van der Waals surface area contributed by atoms with Crippen molar-refractivity contribution in [3.63, 3.8) is 0 Å². The van der Waals surface area contributed by atoms with E-state index in [0.717, 1.165) is 51.4 Å². The van der Waals surface area contributed by atoms with Crippen LogP contribution in [0.3, 0.4) is 0 Å². The van der Waals surface area contributed by atoms with Crippen LogP contribution in [0.15, 0.2) is 31.0 Å². The molecule has 0 aromatic carbocycles.